The summed E-state index contributed by atoms with van der Waals surface area (Å²) < 4.78 is 86.7. The highest BCUT2D eigenvalue weighted by Crippen LogP contribution is 2.38. The maximum atomic E-state index is 13.5. The van der Waals surface area contributed by atoms with Gasteiger partial charge in [0.05, 0.1) is 23.6 Å². The number of carbonyl (C=O) groups excluding carboxylic acids is 1. The van der Waals surface area contributed by atoms with Crippen molar-refractivity contribution in [3.8, 4) is 5.88 Å². The molecule has 1 aromatic rings. The number of allylic oxidation sites excluding steroid dienone is 4. The van der Waals surface area contributed by atoms with Crippen LogP contribution in [-0.4, -0.2) is 33.4 Å². The van der Waals surface area contributed by atoms with Crippen LogP contribution in [0.1, 0.15) is 44.9 Å². The van der Waals surface area contributed by atoms with Crippen LogP contribution in [0.4, 0.5) is 26.3 Å². The first kappa shape index (κ1) is 25.4. The van der Waals surface area contributed by atoms with Crippen molar-refractivity contribution in [2.75, 3.05) is 6.61 Å². The van der Waals surface area contributed by atoms with Gasteiger partial charge in [0, 0.05) is 17.5 Å². The molecule has 6 nitrogen and oxygen atoms in total. The lowest BCUT2D eigenvalue weighted by atomic mass is 10.1. The van der Waals surface area contributed by atoms with Gasteiger partial charge in [0.1, 0.15) is 6.54 Å². The molecule has 0 spiro atoms. The van der Waals surface area contributed by atoms with Gasteiger partial charge in [-0.1, -0.05) is 19.1 Å². The fourth-order valence-electron chi connectivity index (χ4n) is 3.84. The smallest absolute Gasteiger partial charge is 0.435 e. The van der Waals surface area contributed by atoms with Gasteiger partial charge in [-0.05, 0) is 39.2 Å². The molecule has 0 saturated carbocycles. The van der Waals surface area contributed by atoms with Crippen LogP contribution in [0.15, 0.2) is 47.1 Å². The van der Waals surface area contributed by atoms with Crippen molar-refractivity contribution in [1.82, 2.24) is 20.0 Å². The van der Waals surface area contributed by atoms with E-state index < -0.39 is 36.1 Å². The summed E-state index contributed by atoms with van der Waals surface area (Å²) in [6.45, 7) is 8.54. The monoisotopic (exact) mass is 490 g/mol. The van der Waals surface area contributed by atoms with E-state index in [9.17, 15) is 31.1 Å². The number of ether oxygens (including phenoxy) is 1. The fraction of sp³-hybridized carbons (Fsp3) is 0.455. The van der Waals surface area contributed by atoms with E-state index in [-0.39, 0.29) is 35.9 Å². The summed E-state index contributed by atoms with van der Waals surface area (Å²) in [7, 11) is 0. The van der Waals surface area contributed by atoms with Crippen LogP contribution in [0.2, 0.25) is 0 Å². The van der Waals surface area contributed by atoms with Gasteiger partial charge in [-0.15, -0.1) is 0 Å². The Morgan fingerprint density at radius 3 is 2.44 bits per heavy atom. The number of carbonyl (C=O) groups is 1. The normalized spacial score (nSPS) is 16.4. The molecule has 3 heterocycles. The number of hydrogen-bond acceptors (Lipinski definition) is 4. The number of amides is 1. The van der Waals surface area contributed by atoms with Crippen LogP contribution >= 0.6 is 0 Å². The van der Waals surface area contributed by atoms with Crippen LogP contribution in [0, 0.1) is 0 Å². The zero-order valence-electron chi connectivity index (χ0n) is 18.8. The van der Waals surface area contributed by atoms with Crippen molar-refractivity contribution in [2.24, 2.45) is 0 Å². The first-order chi connectivity index (χ1) is 15.7. The number of aromatic nitrogens is 2. The predicted octanol–water partition coefficient (Wildman–Crippen LogP) is 5.21. The third-order valence-corrected chi connectivity index (χ3v) is 5.34. The molecule has 2 aliphatic rings. The summed E-state index contributed by atoms with van der Waals surface area (Å²) >= 11 is 0. The van der Waals surface area contributed by atoms with Gasteiger partial charge >= 0.3 is 12.4 Å². The number of halogens is 6. The highest BCUT2D eigenvalue weighted by Gasteiger charge is 2.41. The van der Waals surface area contributed by atoms with Crippen LogP contribution in [0.5, 0.6) is 5.88 Å². The maximum absolute atomic E-state index is 13.5. The molecule has 0 bridgehead atoms. The SMILES string of the molecule is C=C1C(NC(=O)Cn2nc(C(F)(F)F)c3c2OCCC3)=CC(C(F)(F)F)=CN1C(CC)=C(C)C. The Balaban J connectivity index is 1.90. The van der Waals surface area contributed by atoms with E-state index in [1.807, 2.05) is 0 Å². The second kappa shape index (κ2) is 9.22. The molecule has 12 heteroatoms. The molecular weight excluding hydrogens is 466 g/mol. The van der Waals surface area contributed by atoms with Crippen molar-refractivity contribution in [1.29, 1.82) is 0 Å². The zero-order chi connectivity index (χ0) is 25.4. The molecule has 0 aromatic carbocycles. The predicted molar refractivity (Wildman–Crippen MR) is 111 cm³/mol. The molecule has 0 aliphatic carbocycles. The third-order valence-electron chi connectivity index (χ3n) is 5.34. The van der Waals surface area contributed by atoms with E-state index >= 15 is 0 Å². The molecule has 0 fully saturated rings. The van der Waals surface area contributed by atoms with Gasteiger partial charge in [0.25, 0.3) is 0 Å². The number of rotatable bonds is 5. The molecule has 0 atom stereocenters. The van der Waals surface area contributed by atoms with Gasteiger partial charge in [-0.25, -0.2) is 4.68 Å². The molecule has 0 saturated heterocycles. The zero-order valence-corrected chi connectivity index (χ0v) is 18.8. The Morgan fingerprint density at radius 1 is 1.21 bits per heavy atom. The quantitative estimate of drug-likeness (QED) is 0.576. The molecule has 0 radical (unpaired) electrons. The number of alkyl halides is 6. The van der Waals surface area contributed by atoms with Crippen molar-refractivity contribution in [2.45, 2.75) is 58.9 Å². The Bertz CT molecular complexity index is 1090. The summed E-state index contributed by atoms with van der Waals surface area (Å²) in [5, 5.41) is 5.85. The highest BCUT2D eigenvalue weighted by molar-refractivity contribution is 5.79. The lowest BCUT2D eigenvalue weighted by molar-refractivity contribution is -0.142. The summed E-state index contributed by atoms with van der Waals surface area (Å²) in [6.07, 6.45) is -6.94. The second-order valence-corrected chi connectivity index (χ2v) is 8.05. The van der Waals surface area contributed by atoms with Gasteiger partial charge in [-0.2, -0.15) is 31.4 Å². The van der Waals surface area contributed by atoms with Crippen LogP contribution in [0.25, 0.3) is 0 Å². The average molecular weight is 490 g/mol. The minimum absolute atomic E-state index is 0.0882. The maximum Gasteiger partial charge on any atom is 0.435 e. The molecule has 0 unspecified atom stereocenters. The van der Waals surface area contributed by atoms with Gasteiger partial charge in [-0.3, -0.25) is 4.79 Å². The summed E-state index contributed by atoms with van der Waals surface area (Å²) in [5.41, 5.74) is -1.09. The lowest BCUT2D eigenvalue weighted by Crippen LogP contribution is -2.34. The Labute approximate surface area is 192 Å². The molecule has 3 rings (SSSR count). The van der Waals surface area contributed by atoms with Crippen molar-refractivity contribution in [3.05, 3.63) is 58.3 Å². The van der Waals surface area contributed by atoms with Crippen LogP contribution in [0.3, 0.4) is 0 Å². The highest BCUT2D eigenvalue weighted by atomic mass is 19.4. The summed E-state index contributed by atoms with van der Waals surface area (Å²) in [5.74, 6) is -1.04. The molecule has 1 aromatic heterocycles. The fourth-order valence-corrected chi connectivity index (χ4v) is 3.84. The van der Waals surface area contributed by atoms with Crippen LogP contribution < -0.4 is 10.1 Å². The number of nitrogens with zero attached hydrogens (tertiary/aromatic N) is 3. The topological polar surface area (TPSA) is 59.4 Å². The first-order valence-corrected chi connectivity index (χ1v) is 10.5. The molecule has 1 N–H and O–H groups in total. The standard InChI is InChI=1S/C22H24F6N4O2/c1-5-17(12(2)3)31-10-14(21(23,24)25)9-16(13(31)4)29-18(33)11-32-20-15(7-6-8-34-20)19(30-32)22(26,27)28/h9-10H,4-8,11H2,1-3H3,(H,29,33). The van der Waals surface area contributed by atoms with Gasteiger partial charge in [0.2, 0.25) is 11.8 Å². The number of fused-ring (bicyclic) bond motifs is 1. The number of nitrogens with one attached hydrogen (secondary N) is 1. The largest absolute Gasteiger partial charge is 0.478 e. The molecule has 2 aliphatic heterocycles. The number of hydrogen-bond donors (Lipinski definition) is 1. The van der Waals surface area contributed by atoms with E-state index in [0.29, 0.717) is 18.5 Å². The summed E-state index contributed by atoms with van der Waals surface area (Å²) in [4.78, 5) is 13.9. The Kier molecular flexibility index (Phi) is 6.90. The molecular formula is C22H24F6N4O2. The van der Waals surface area contributed by atoms with Crippen molar-refractivity contribution in [3.63, 3.8) is 0 Å². The van der Waals surface area contributed by atoms with Crippen molar-refractivity contribution < 1.29 is 35.9 Å². The van der Waals surface area contributed by atoms with E-state index in [2.05, 4.69) is 17.0 Å². The Hall–Kier alpha value is -3.18. The van der Waals surface area contributed by atoms with E-state index in [0.717, 1.165) is 22.5 Å². The van der Waals surface area contributed by atoms with E-state index in [4.69, 9.17) is 4.74 Å². The lowest BCUT2D eigenvalue weighted by Gasteiger charge is -2.32. The van der Waals surface area contributed by atoms with E-state index in [1.54, 1.807) is 20.8 Å². The average Bonchev–Trinajstić information content (AvgIpc) is 3.09. The van der Waals surface area contributed by atoms with Crippen molar-refractivity contribution >= 4 is 5.91 Å². The minimum atomic E-state index is -4.74. The van der Waals surface area contributed by atoms with Crippen LogP contribution in [-0.2, 0) is 23.9 Å². The molecule has 1 amide bonds. The Morgan fingerprint density at radius 2 is 1.88 bits per heavy atom. The molecule has 186 valence electrons. The van der Waals surface area contributed by atoms with E-state index in [1.165, 1.54) is 4.90 Å². The summed E-state index contributed by atoms with van der Waals surface area (Å²) in [6, 6.07) is 0. The van der Waals surface area contributed by atoms with Gasteiger partial charge < -0.3 is 15.0 Å². The minimum Gasteiger partial charge on any atom is -0.478 e. The van der Waals surface area contributed by atoms with Gasteiger partial charge in [0.15, 0.2) is 5.69 Å². The first-order valence-electron chi connectivity index (χ1n) is 10.5. The third kappa shape index (κ3) is 5.15. The molecule has 34 heavy (non-hydrogen) atoms. The second-order valence-electron chi connectivity index (χ2n) is 8.05.